The van der Waals surface area contributed by atoms with Crippen LogP contribution in [-0.4, -0.2) is 41.2 Å². The molecule has 0 aromatic carbocycles. The molecule has 0 heterocycles. The van der Waals surface area contributed by atoms with Gasteiger partial charge in [-0.05, 0) is 6.42 Å². The minimum atomic E-state index is -0.979. The largest absolute Gasteiger partial charge is 0.467 e. The monoisotopic (exact) mass is 221 g/mol. The van der Waals surface area contributed by atoms with E-state index in [4.69, 9.17) is 0 Å². The molecule has 0 bridgehead atoms. The van der Waals surface area contributed by atoms with E-state index in [1.165, 1.54) is 14.0 Å². The maximum atomic E-state index is 11.1. The van der Waals surface area contributed by atoms with Gasteiger partial charge in [0.25, 0.3) is 0 Å². The number of rotatable bonds is 5. The minimum Gasteiger partial charge on any atom is -0.467 e. The summed E-state index contributed by atoms with van der Waals surface area (Å²) in [7, 11) is 0.271. The smallest absolute Gasteiger partial charge is 0.328 e. The Hall–Kier alpha value is -0.910. The summed E-state index contributed by atoms with van der Waals surface area (Å²) in [5.74, 6) is -0.451. The molecule has 0 aliphatic carbocycles. The number of hydrogen-bond acceptors (Lipinski definition) is 4. The summed E-state index contributed by atoms with van der Waals surface area (Å²) in [6, 6.07) is -0.693. The second kappa shape index (κ2) is 6.53. The summed E-state index contributed by atoms with van der Waals surface area (Å²) in [6.07, 6.45) is 1.87. The quantitative estimate of drug-likeness (QED) is 0.631. The van der Waals surface area contributed by atoms with Crippen molar-refractivity contribution >= 4 is 22.7 Å². The molecule has 0 spiro atoms. The zero-order chi connectivity index (χ0) is 11.1. The van der Waals surface area contributed by atoms with Gasteiger partial charge in [-0.15, -0.1) is 0 Å². The van der Waals surface area contributed by atoms with Gasteiger partial charge in [-0.25, -0.2) is 4.79 Å². The van der Waals surface area contributed by atoms with Gasteiger partial charge in [-0.2, -0.15) is 0 Å². The maximum Gasteiger partial charge on any atom is 0.328 e. The molecule has 1 N–H and O–H groups in total. The van der Waals surface area contributed by atoms with Crippen molar-refractivity contribution in [3.8, 4) is 0 Å². The third-order valence-electron chi connectivity index (χ3n) is 1.56. The van der Waals surface area contributed by atoms with Crippen molar-refractivity contribution in [2.24, 2.45) is 0 Å². The molecule has 0 saturated carbocycles. The predicted molar refractivity (Wildman–Crippen MR) is 53.2 cm³/mol. The number of amides is 1. The first-order chi connectivity index (χ1) is 6.47. The molecule has 0 saturated heterocycles. The van der Waals surface area contributed by atoms with E-state index in [0.29, 0.717) is 12.2 Å². The summed E-state index contributed by atoms with van der Waals surface area (Å²) in [4.78, 5) is 21.8. The number of carbonyl (C=O) groups excluding carboxylic acids is 2. The van der Waals surface area contributed by atoms with Gasteiger partial charge in [0, 0.05) is 29.7 Å². The molecule has 0 aliphatic rings. The highest BCUT2D eigenvalue weighted by molar-refractivity contribution is 7.84. The highest BCUT2D eigenvalue weighted by Gasteiger charge is 2.19. The summed E-state index contributed by atoms with van der Waals surface area (Å²) in [5.41, 5.74) is 0. The normalized spacial score (nSPS) is 14.2. The summed E-state index contributed by atoms with van der Waals surface area (Å²) >= 11 is 0. The van der Waals surface area contributed by atoms with Crippen LogP contribution in [0.3, 0.4) is 0 Å². The second-order valence-corrected chi connectivity index (χ2v) is 4.40. The van der Waals surface area contributed by atoms with Crippen LogP contribution in [-0.2, 0) is 25.1 Å². The number of carbonyl (C=O) groups is 2. The van der Waals surface area contributed by atoms with Crippen molar-refractivity contribution in [2.75, 3.05) is 19.1 Å². The van der Waals surface area contributed by atoms with Gasteiger partial charge < -0.3 is 10.1 Å². The van der Waals surface area contributed by atoms with Crippen LogP contribution in [0, 0.1) is 0 Å². The average molecular weight is 221 g/mol. The first-order valence-corrected chi connectivity index (χ1v) is 5.85. The zero-order valence-electron chi connectivity index (χ0n) is 8.53. The third-order valence-corrected chi connectivity index (χ3v) is 2.37. The van der Waals surface area contributed by atoms with E-state index in [1.54, 1.807) is 6.26 Å². The Morgan fingerprint density at radius 2 is 2.07 bits per heavy atom. The zero-order valence-corrected chi connectivity index (χ0v) is 9.35. The van der Waals surface area contributed by atoms with Gasteiger partial charge in [0.2, 0.25) is 5.91 Å². The highest BCUT2D eigenvalue weighted by Crippen LogP contribution is 1.96. The highest BCUT2D eigenvalue weighted by atomic mass is 32.2. The average Bonchev–Trinajstić information content (AvgIpc) is 2.10. The number of esters is 1. The molecular weight excluding hydrogens is 206 g/mol. The lowest BCUT2D eigenvalue weighted by Gasteiger charge is -2.14. The van der Waals surface area contributed by atoms with Crippen LogP contribution in [0.2, 0.25) is 0 Å². The van der Waals surface area contributed by atoms with Gasteiger partial charge >= 0.3 is 5.97 Å². The third kappa shape index (κ3) is 5.69. The fourth-order valence-corrected chi connectivity index (χ4v) is 1.49. The van der Waals surface area contributed by atoms with E-state index >= 15 is 0 Å². The molecule has 0 radical (unpaired) electrons. The van der Waals surface area contributed by atoms with Crippen molar-refractivity contribution in [3.05, 3.63) is 0 Å². The SMILES string of the molecule is COC(=O)[C@H](CC[S@@](C)=O)NC(C)=O. The van der Waals surface area contributed by atoms with E-state index in [0.717, 1.165) is 0 Å². The summed E-state index contributed by atoms with van der Waals surface area (Å²) in [6.45, 7) is 1.32. The van der Waals surface area contributed by atoms with Gasteiger partial charge in [-0.3, -0.25) is 9.00 Å². The molecule has 0 fully saturated rings. The fourth-order valence-electron chi connectivity index (χ4n) is 0.920. The number of nitrogens with one attached hydrogen (secondary N) is 1. The molecule has 1 amide bonds. The van der Waals surface area contributed by atoms with E-state index in [-0.39, 0.29) is 5.91 Å². The molecule has 6 heteroatoms. The molecule has 14 heavy (non-hydrogen) atoms. The van der Waals surface area contributed by atoms with Crippen LogP contribution >= 0.6 is 0 Å². The second-order valence-electron chi connectivity index (χ2n) is 2.84. The molecule has 0 aromatic rings. The van der Waals surface area contributed by atoms with Gasteiger partial charge in [0.1, 0.15) is 6.04 Å². The van der Waals surface area contributed by atoms with Crippen molar-refractivity contribution in [1.82, 2.24) is 5.32 Å². The van der Waals surface area contributed by atoms with Crippen LogP contribution < -0.4 is 5.32 Å². The molecule has 0 aromatic heterocycles. The van der Waals surface area contributed by atoms with Crippen LogP contribution in [0.1, 0.15) is 13.3 Å². The lowest BCUT2D eigenvalue weighted by atomic mass is 10.2. The molecule has 82 valence electrons. The van der Waals surface area contributed by atoms with Gasteiger partial charge in [0.05, 0.1) is 7.11 Å². The van der Waals surface area contributed by atoms with Gasteiger partial charge in [-0.1, -0.05) is 0 Å². The number of methoxy groups -OCH3 is 1. The van der Waals surface area contributed by atoms with E-state index in [9.17, 15) is 13.8 Å². The predicted octanol–water partition coefficient (Wildman–Crippen LogP) is -0.567. The van der Waals surface area contributed by atoms with Crippen LogP contribution in [0.15, 0.2) is 0 Å². The molecule has 2 atom stereocenters. The van der Waals surface area contributed by atoms with Crippen molar-refractivity contribution in [2.45, 2.75) is 19.4 Å². The number of hydrogen-bond donors (Lipinski definition) is 1. The van der Waals surface area contributed by atoms with E-state index in [1.807, 2.05) is 0 Å². The number of ether oxygens (including phenoxy) is 1. The van der Waals surface area contributed by atoms with Crippen LogP contribution in [0.4, 0.5) is 0 Å². The van der Waals surface area contributed by atoms with E-state index < -0.39 is 22.8 Å². The molecular formula is C8H15NO4S. The van der Waals surface area contributed by atoms with Crippen LogP contribution in [0.25, 0.3) is 0 Å². The van der Waals surface area contributed by atoms with Crippen LogP contribution in [0.5, 0.6) is 0 Å². The van der Waals surface area contributed by atoms with Crippen molar-refractivity contribution in [3.63, 3.8) is 0 Å². The molecule has 0 rings (SSSR count). The first kappa shape index (κ1) is 13.1. The molecule has 0 aliphatic heterocycles. The summed E-state index contributed by atoms with van der Waals surface area (Å²) < 4.78 is 15.3. The van der Waals surface area contributed by atoms with Gasteiger partial charge in [0.15, 0.2) is 0 Å². The lowest BCUT2D eigenvalue weighted by Crippen LogP contribution is -2.41. The van der Waals surface area contributed by atoms with Crippen molar-refractivity contribution in [1.29, 1.82) is 0 Å². The Morgan fingerprint density at radius 1 is 1.50 bits per heavy atom. The Morgan fingerprint density at radius 3 is 2.43 bits per heavy atom. The van der Waals surface area contributed by atoms with Crippen molar-refractivity contribution < 1.29 is 18.5 Å². The standard InChI is InChI=1S/C8H15NO4S/c1-6(10)9-7(8(11)13-2)4-5-14(3)12/h7H,4-5H2,1-3H3,(H,9,10)/t7-,14+/m0/s1. The Balaban J connectivity index is 4.17. The Kier molecular flexibility index (Phi) is 6.11. The Bertz CT molecular complexity index is 241. The first-order valence-electron chi connectivity index (χ1n) is 4.12. The summed E-state index contributed by atoms with van der Waals surface area (Å²) in [5, 5.41) is 2.44. The maximum absolute atomic E-state index is 11.1. The molecule has 5 nitrogen and oxygen atoms in total. The Labute approximate surface area is 85.7 Å². The lowest BCUT2D eigenvalue weighted by molar-refractivity contribution is -0.144. The minimum absolute atomic E-state index is 0.303. The topological polar surface area (TPSA) is 72.5 Å². The fraction of sp³-hybridized carbons (Fsp3) is 0.750. The molecule has 0 unspecified atom stereocenters. The van der Waals surface area contributed by atoms with E-state index in [2.05, 4.69) is 10.1 Å².